The van der Waals surface area contributed by atoms with Gasteiger partial charge in [0.05, 0.1) is 12.3 Å². The lowest BCUT2D eigenvalue weighted by atomic mass is 10.2. The Balaban J connectivity index is 1.85. The van der Waals surface area contributed by atoms with Gasteiger partial charge in [0.1, 0.15) is 11.3 Å². The van der Waals surface area contributed by atoms with Gasteiger partial charge >= 0.3 is 5.97 Å². The molecular weight excluding hydrogens is 316 g/mol. The Labute approximate surface area is 144 Å². The number of nitrogens with zero attached hydrogens (tertiary/aromatic N) is 2. The number of hydrogen-bond donors (Lipinski definition) is 0. The molecule has 0 amide bonds. The third-order valence-electron chi connectivity index (χ3n) is 3.87. The van der Waals surface area contributed by atoms with Crippen LogP contribution in [0, 0.1) is 0 Å². The summed E-state index contributed by atoms with van der Waals surface area (Å²) in [6.07, 6.45) is 0. The first-order chi connectivity index (χ1) is 12.3. The van der Waals surface area contributed by atoms with Crippen LogP contribution in [0.1, 0.15) is 17.4 Å². The lowest BCUT2D eigenvalue weighted by Crippen LogP contribution is -2.11. The lowest BCUT2D eigenvalue weighted by molar-refractivity contribution is 0.0515. The summed E-state index contributed by atoms with van der Waals surface area (Å²) in [4.78, 5) is 12.3. The van der Waals surface area contributed by atoms with Crippen LogP contribution in [-0.4, -0.2) is 22.4 Å². The Bertz CT molecular complexity index is 998. The predicted octanol–water partition coefficient (Wildman–Crippen LogP) is 4.46. The molecule has 0 bridgehead atoms. The lowest BCUT2D eigenvalue weighted by Gasteiger charge is -2.06. The highest BCUT2D eigenvalue weighted by atomic mass is 16.5. The van der Waals surface area contributed by atoms with Crippen LogP contribution in [0.2, 0.25) is 0 Å². The van der Waals surface area contributed by atoms with E-state index in [0.29, 0.717) is 23.8 Å². The quantitative estimate of drug-likeness (QED) is 0.518. The number of carbonyl (C=O) groups is 1. The van der Waals surface area contributed by atoms with E-state index in [2.05, 4.69) is 5.10 Å². The largest absolute Gasteiger partial charge is 0.461 e. The van der Waals surface area contributed by atoms with E-state index in [-0.39, 0.29) is 0 Å². The number of esters is 1. The fraction of sp³-hybridized carbons (Fsp3) is 0.100. The molecule has 2 aromatic heterocycles. The molecule has 0 aliphatic heterocycles. The van der Waals surface area contributed by atoms with Gasteiger partial charge < -0.3 is 9.15 Å². The monoisotopic (exact) mass is 332 g/mol. The molecule has 124 valence electrons. The third kappa shape index (κ3) is 2.80. The number of fused-ring (bicyclic) bond motifs is 1. The van der Waals surface area contributed by atoms with Crippen LogP contribution in [0.4, 0.5) is 0 Å². The molecule has 0 N–H and O–H groups in total. The summed E-state index contributed by atoms with van der Waals surface area (Å²) in [6.45, 7) is 2.08. The third-order valence-corrected chi connectivity index (χ3v) is 3.87. The van der Waals surface area contributed by atoms with Crippen molar-refractivity contribution in [2.45, 2.75) is 6.92 Å². The normalized spacial score (nSPS) is 10.9. The second-order valence-corrected chi connectivity index (χ2v) is 5.53. The number of aromatic nitrogens is 2. The van der Waals surface area contributed by atoms with Gasteiger partial charge in [-0.1, -0.05) is 36.4 Å². The van der Waals surface area contributed by atoms with Crippen molar-refractivity contribution in [3.05, 3.63) is 72.4 Å². The van der Waals surface area contributed by atoms with E-state index in [9.17, 15) is 4.79 Å². The van der Waals surface area contributed by atoms with E-state index in [1.807, 2.05) is 60.7 Å². The van der Waals surface area contributed by atoms with Gasteiger partial charge in [-0.3, -0.25) is 0 Å². The van der Waals surface area contributed by atoms with E-state index in [0.717, 1.165) is 16.7 Å². The summed E-state index contributed by atoms with van der Waals surface area (Å²) >= 11 is 0. The summed E-state index contributed by atoms with van der Waals surface area (Å²) in [5.74, 6) is 0.197. The molecule has 0 atom stereocenters. The Morgan fingerprint density at radius 2 is 1.84 bits per heavy atom. The average molecular weight is 332 g/mol. The van der Waals surface area contributed by atoms with Gasteiger partial charge in [0, 0.05) is 11.5 Å². The highest BCUT2D eigenvalue weighted by molar-refractivity contribution is 5.90. The van der Waals surface area contributed by atoms with Crippen LogP contribution < -0.4 is 0 Å². The Kier molecular flexibility index (Phi) is 3.82. The second-order valence-electron chi connectivity index (χ2n) is 5.53. The molecule has 0 saturated heterocycles. The molecule has 4 rings (SSSR count). The molecule has 0 unspecified atom stereocenters. The number of ether oxygens (including phenoxy) is 1. The van der Waals surface area contributed by atoms with Crippen LogP contribution >= 0.6 is 0 Å². The molecule has 0 spiro atoms. The van der Waals surface area contributed by atoms with Crippen molar-refractivity contribution < 1.29 is 13.9 Å². The van der Waals surface area contributed by atoms with E-state index in [1.165, 1.54) is 0 Å². The topological polar surface area (TPSA) is 57.3 Å². The predicted molar refractivity (Wildman–Crippen MR) is 94.7 cm³/mol. The van der Waals surface area contributed by atoms with Gasteiger partial charge in [-0.05, 0) is 31.2 Å². The van der Waals surface area contributed by atoms with Gasteiger partial charge in [-0.2, -0.15) is 5.10 Å². The summed E-state index contributed by atoms with van der Waals surface area (Å²) in [5, 5.41) is 5.56. The van der Waals surface area contributed by atoms with Crippen molar-refractivity contribution in [3.8, 4) is 17.1 Å². The maximum atomic E-state index is 12.3. The smallest absolute Gasteiger partial charge is 0.357 e. The van der Waals surface area contributed by atoms with Crippen molar-refractivity contribution in [2.24, 2.45) is 0 Å². The van der Waals surface area contributed by atoms with Gasteiger partial charge in [-0.25, -0.2) is 9.48 Å². The van der Waals surface area contributed by atoms with Crippen LogP contribution in [0.15, 0.2) is 71.1 Å². The number of carbonyl (C=O) groups excluding carboxylic acids is 1. The Morgan fingerprint density at radius 1 is 1.08 bits per heavy atom. The van der Waals surface area contributed by atoms with Crippen molar-refractivity contribution >= 4 is 16.9 Å². The molecule has 4 aromatic rings. The van der Waals surface area contributed by atoms with Crippen LogP contribution in [0.25, 0.3) is 28.1 Å². The van der Waals surface area contributed by atoms with Crippen molar-refractivity contribution in [1.82, 2.24) is 9.78 Å². The molecule has 0 saturated carbocycles. The summed E-state index contributed by atoms with van der Waals surface area (Å²) < 4.78 is 12.6. The molecule has 0 aliphatic rings. The van der Waals surface area contributed by atoms with E-state index < -0.39 is 5.97 Å². The van der Waals surface area contributed by atoms with Crippen molar-refractivity contribution in [2.75, 3.05) is 6.61 Å². The Morgan fingerprint density at radius 3 is 2.60 bits per heavy atom. The number of para-hydroxylation sites is 2. The van der Waals surface area contributed by atoms with Gasteiger partial charge in [0.15, 0.2) is 11.5 Å². The minimum Gasteiger partial charge on any atom is -0.461 e. The standard InChI is InChI=1S/C20H16N2O3/c1-2-24-20(23)17-13-16(21-22(17)15-9-4-3-5-10-15)19-12-14-8-6-7-11-18(14)25-19/h3-13H,2H2,1H3. The summed E-state index contributed by atoms with van der Waals surface area (Å²) in [5.41, 5.74) is 2.52. The fourth-order valence-corrected chi connectivity index (χ4v) is 2.73. The molecule has 2 heterocycles. The van der Waals surface area contributed by atoms with Crippen molar-refractivity contribution in [3.63, 3.8) is 0 Å². The number of furan rings is 1. The maximum absolute atomic E-state index is 12.3. The number of benzene rings is 2. The molecule has 2 aromatic carbocycles. The van der Waals surface area contributed by atoms with E-state index >= 15 is 0 Å². The minimum absolute atomic E-state index is 0.304. The molecule has 5 nitrogen and oxygen atoms in total. The van der Waals surface area contributed by atoms with Crippen LogP contribution in [0.5, 0.6) is 0 Å². The SMILES string of the molecule is CCOC(=O)c1cc(-c2cc3ccccc3o2)nn1-c1ccccc1. The average Bonchev–Trinajstić information content (AvgIpc) is 3.27. The van der Waals surface area contributed by atoms with Crippen LogP contribution in [-0.2, 0) is 4.74 Å². The summed E-state index contributed by atoms with van der Waals surface area (Å²) in [7, 11) is 0. The maximum Gasteiger partial charge on any atom is 0.357 e. The molecule has 25 heavy (non-hydrogen) atoms. The molecule has 5 heteroatoms. The Hall–Kier alpha value is -3.34. The van der Waals surface area contributed by atoms with E-state index in [4.69, 9.17) is 9.15 Å². The first kappa shape index (κ1) is 15.2. The van der Waals surface area contributed by atoms with Gasteiger partial charge in [0.25, 0.3) is 0 Å². The molecule has 0 aliphatic carbocycles. The van der Waals surface area contributed by atoms with Crippen LogP contribution in [0.3, 0.4) is 0 Å². The highest BCUT2D eigenvalue weighted by Gasteiger charge is 2.20. The second kappa shape index (κ2) is 6.28. The highest BCUT2D eigenvalue weighted by Crippen LogP contribution is 2.28. The zero-order chi connectivity index (χ0) is 17.2. The fourth-order valence-electron chi connectivity index (χ4n) is 2.73. The zero-order valence-electron chi connectivity index (χ0n) is 13.7. The zero-order valence-corrected chi connectivity index (χ0v) is 13.7. The van der Waals surface area contributed by atoms with Crippen molar-refractivity contribution in [1.29, 1.82) is 0 Å². The molecule has 0 fully saturated rings. The number of hydrogen-bond acceptors (Lipinski definition) is 4. The van der Waals surface area contributed by atoms with E-state index in [1.54, 1.807) is 17.7 Å². The molecular formula is C20H16N2O3. The first-order valence-corrected chi connectivity index (χ1v) is 8.08. The molecule has 0 radical (unpaired) electrons. The summed E-state index contributed by atoms with van der Waals surface area (Å²) in [6, 6.07) is 20.8. The minimum atomic E-state index is -0.416. The van der Waals surface area contributed by atoms with Gasteiger partial charge in [-0.15, -0.1) is 0 Å². The number of rotatable bonds is 4. The van der Waals surface area contributed by atoms with Gasteiger partial charge in [0.2, 0.25) is 0 Å². The first-order valence-electron chi connectivity index (χ1n) is 8.08.